The van der Waals surface area contributed by atoms with Crippen LogP contribution in [0.1, 0.15) is 43.7 Å². The van der Waals surface area contributed by atoms with E-state index >= 15 is 0 Å². The molecule has 0 unspecified atom stereocenters. The number of ether oxygens (including phenoxy) is 1. The standard InChI is InChI=1S/C12H12ClFO2.C10H10ClFO/c1-8(15)16-11-6-12(14,7-11)9-2-4-10(13)5-3-9;11-8-3-1-7(2-4-8)10(12)5-9(13)6-10/h2-5,11H,6-7H2,1H3;1-4,9,13H,5-6H2. The molecule has 1 N–H and O–H groups in total. The van der Waals surface area contributed by atoms with Gasteiger partial charge in [0.1, 0.15) is 17.4 Å². The summed E-state index contributed by atoms with van der Waals surface area (Å²) in [5, 5.41) is 10.2. The first kappa shape index (κ1) is 22.0. The van der Waals surface area contributed by atoms with Crippen LogP contribution in [0.4, 0.5) is 8.78 Å². The van der Waals surface area contributed by atoms with Crippen molar-refractivity contribution < 1.29 is 23.4 Å². The molecular formula is C22H22Cl2F2O3. The van der Waals surface area contributed by atoms with Gasteiger partial charge in [-0.05, 0) is 35.4 Å². The maximum Gasteiger partial charge on any atom is 0.302 e. The predicted octanol–water partition coefficient (Wildman–Crippen LogP) is 5.89. The molecule has 0 amide bonds. The fraction of sp³-hybridized carbons (Fsp3) is 0.409. The molecule has 3 nitrogen and oxygen atoms in total. The number of halogens is 4. The molecule has 4 rings (SSSR count). The third-order valence-electron chi connectivity index (χ3n) is 5.28. The summed E-state index contributed by atoms with van der Waals surface area (Å²) in [5.41, 5.74) is -1.49. The van der Waals surface area contributed by atoms with E-state index in [2.05, 4.69) is 0 Å². The number of aliphatic hydroxyl groups excluding tert-OH is 1. The van der Waals surface area contributed by atoms with Gasteiger partial charge in [-0.2, -0.15) is 0 Å². The largest absolute Gasteiger partial charge is 0.462 e. The average molecular weight is 443 g/mol. The molecule has 29 heavy (non-hydrogen) atoms. The molecule has 0 atom stereocenters. The van der Waals surface area contributed by atoms with E-state index in [9.17, 15) is 13.6 Å². The summed E-state index contributed by atoms with van der Waals surface area (Å²) < 4.78 is 33.0. The highest BCUT2D eigenvalue weighted by atomic mass is 35.5. The van der Waals surface area contributed by atoms with E-state index in [0.717, 1.165) is 0 Å². The Kier molecular flexibility index (Phi) is 6.51. The van der Waals surface area contributed by atoms with E-state index in [1.165, 1.54) is 6.92 Å². The summed E-state index contributed by atoms with van der Waals surface area (Å²) in [4.78, 5) is 10.7. The van der Waals surface area contributed by atoms with Gasteiger partial charge in [-0.15, -0.1) is 0 Å². The first-order valence-electron chi connectivity index (χ1n) is 9.35. The lowest BCUT2D eigenvalue weighted by atomic mass is 9.74. The maximum atomic E-state index is 14.2. The Morgan fingerprint density at radius 1 is 0.897 bits per heavy atom. The van der Waals surface area contributed by atoms with Crippen molar-refractivity contribution in [2.24, 2.45) is 0 Å². The van der Waals surface area contributed by atoms with E-state index in [0.29, 0.717) is 21.2 Å². The quantitative estimate of drug-likeness (QED) is 0.602. The van der Waals surface area contributed by atoms with Crippen molar-refractivity contribution >= 4 is 29.2 Å². The SMILES string of the molecule is CC(=O)OC1CC(F)(c2ccc(Cl)cc2)C1.OC1CC(F)(c2ccc(Cl)cc2)C1. The van der Waals surface area contributed by atoms with Gasteiger partial charge in [0.25, 0.3) is 0 Å². The summed E-state index contributed by atoms with van der Waals surface area (Å²) in [5.74, 6) is -0.358. The Bertz CT molecular complexity index is 843. The summed E-state index contributed by atoms with van der Waals surface area (Å²) >= 11 is 11.4. The normalized spacial score (nSPS) is 30.3. The minimum atomic E-state index is -1.37. The molecule has 2 fully saturated rings. The van der Waals surface area contributed by atoms with Crippen molar-refractivity contribution in [3.05, 3.63) is 69.7 Å². The molecule has 156 valence electrons. The minimum Gasteiger partial charge on any atom is -0.462 e. The number of benzene rings is 2. The van der Waals surface area contributed by atoms with Crippen LogP contribution in [0.15, 0.2) is 48.5 Å². The number of carbonyl (C=O) groups is 1. The third-order valence-corrected chi connectivity index (χ3v) is 5.78. The van der Waals surface area contributed by atoms with Gasteiger partial charge < -0.3 is 9.84 Å². The Balaban J connectivity index is 0.000000169. The van der Waals surface area contributed by atoms with Gasteiger partial charge in [0.2, 0.25) is 0 Å². The van der Waals surface area contributed by atoms with Crippen LogP contribution in [0.25, 0.3) is 0 Å². The van der Waals surface area contributed by atoms with Crippen molar-refractivity contribution in [3.8, 4) is 0 Å². The van der Waals surface area contributed by atoms with E-state index in [1.807, 2.05) is 0 Å². The van der Waals surface area contributed by atoms with E-state index < -0.39 is 17.4 Å². The van der Waals surface area contributed by atoms with E-state index in [1.54, 1.807) is 48.5 Å². The molecule has 2 aromatic rings. The molecule has 0 heterocycles. The predicted molar refractivity (Wildman–Crippen MR) is 109 cm³/mol. The highest BCUT2D eigenvalue weighted by molar-refractivity contribution is 6.30. The molecule has 2 aromatic carbocycles. The molecular weight excluding hydrogens is 421 g/mol. The summed E-state index contributed by atoms with van der Waals surface area (Å²) in [6.07, 6.45) is 0.0879. The molecule has 0 radical (unpaired) electrons. The van der Waals surface area contributed by atoms with Crippen LogP contribution in [0.5, 0.6) is 0 Å². The molecule has 0 spiro atoms. The van der Waals surface area contributed by atoms with Crippen LogP contribution in [0.2, 0.25) is 10.0 Å². The average Bonchev–Trinajstić information content (AvgIpc) is 2.60. The van der Waals surface area contributed by atoms with Crippen LogP contribution in [0, 0.1) is 0 Å². The first-order chi connectivity index (χ1) is 13.6. The highest BCUT2D eigenvalue weighted by Gasteiger charge is 2.48. The minimum absolute atomic E-state index is 0.203. The molecule has 7 heteroatoms. The Morgan fingerprint density at radius 3 is 1.62 bits per heavy atom. The van der Waals surface area contributed by atoms with Crippen molar-refractivity contribution in [1.29, 1.82) is 0 Å². The zero-order chi connectivity index (χ0) is 21.2. The summed E-state index contributed by atoms with van der Waals surface area (Å²) in [7, 11) is 0. The lowest BCUT2D eigenvalue weighted by molar-refractivity contribution is -0.161. The Morgan fingerprint density at radius 2 is 1.28 bits per heavy atom. The number of rotatable bonds is 3. The van der Waals surface area contributed by atoms with Crippen LogP contribution < -0.4 is 0 Å². The third kappa shape index (κ3) is 5.27. The van der Waals surface area contributed by atoms with Crippen LogP contribution in [-0.4, -0.2) is 23.3 Å². The smallest absolute Gasteiger partial charge is 0.302 e. The number of hydrogen-bond acceptors (Lipinski definition) is 3. The van der Waals surface area contributed by atoms with Crippen molar-refractivity contribution in [2.45, 2.75) is 56.2 Å². The number of carbonyl (C=O) groups excluding carboxylic acids is 1. The topological polar surface area (TPSA) is 46.5 Å². The second kappa shape index (κ2) is 8.58. The van der Waals surface area contributed by atoms with Gasteiger partial charge in [0.15, 0.2) is 0 Å². The first-order valence-corrected chi connectivity index (χ1v) is 10.1. The zero-order valence-corrected chi connectivity index (χ0v) is 17.4. The molecule has 0 aromatic heterocycles. The van der Waals surface area contributed by atoms with E-state index in [-0.39, 0.29) is 37.8 Å². The fourth-order valence-corrected chi connectivity index (χ4v) is 3.89. The van der Waals surface area contributed by atoms with Gasteiger partial charge in [0, 0.05) is 42.7 Å². The Hall–Kier alpha value is -1.69. The van der Waals surface area contributed by atoms with Crippen molar-refractivity contribution in [1.82, 2.24) is 0 Å². The number of aliphatic hydroxyl groups is 1. The highest BCUT2D eigenvalue weighted by Crippen LogP contribution is 2.47. The maximum absolute atomic E-state index is 14.2. The molecule has 0 aliphatic heterocycles. The lowest BCUT2D eigenvalue weighted by Gasteiger charge is -2.40. The van der Waals surface area contributed by atoms with Crippen LogP contribution in [0.3, 0.4) is 0 Å². The van der Waals surface area contributed by atoms with Crippen molar-refractivity contribution in [3.63, 3.8) is 0 Å². The molecule has 2 aliphatic rings. The summed E-state index contributed by atoms with van der Waals surface area (Å²) in [6.45, 7) is 1.33. The number of hydrogen-bond donors (Lipinski definition) is 1. The second-order valence-electron chi connectivity index (χ2n) is 7.65. The van der Waals surface area contributed by atoms with Gasteiger partial charge >= 0.3 is 5.97 Å². The molecule has 0 bridgehead atoms. The monoisotopic (exact) mass is 442 g/mol. The molecule has 0 saturated heterocycles. The molecule has 2 saturated carbocycles. The van der Waals surface area contributed by atoms with Gasteiger partial charge in [-0.1, -0.05) is 47.5 Å². The van der Waals surface area contributed by atoms with Gasteiger partial charge in [-0.25, -0.2) is 8.78 Å². The van der Waals surface area contributed by atoms with Gasteiger partial charge in [-0.3, -0.25) is 4.79 Å². The van der Waals surface area contributed by atoms with Crippen LogP contribution >= 0.6 is 23.2 Å². The van der Waals surface area contributed by atoms with Crippen molar-refractivity contribution in [2.75, 3.05) is 0 Å². The van der Waals surface area contributed by atoms with E-state index in [4.69, 9.17) is 33.0 Å². The second-order valence-corrected chi connectivity index (χ2v) is 8.52. The fourth-order valence-electron chi connectivity index (χ4n) is 3.64. The van der Waals surface area contributed by atoms with Gasteiger partial charge in [0.05, 0.1) is 6.10 Å². The zero-order valence-electron chi connectivity index (χ0n) is 15.9. The molecule has 2 aliphatic carbocycles. The number of alkyl halides is 2. The number of esters is 1. The Labute approximate surface area is 178 Å². The van der Waals surface area contributed by atoms with Crippen LogP contribution in [-0.2, 0) is 20.9 Å². The lowest BCUT2D eigenvalue weighted by Crippen LogP contribution is -2.43. The summed E-state index contributed by atoms with van der Waals surface area (Å²) in [6, 6.07) is 13.4.